The van der Waals surface area contributed by atoms with Crippen LogP contribution in [0.25, 0.3) is 0 Å². The molecule has 0 aromatic heterocycles. The van der Waals surface area contributed by atoms with Crippen molar-refractivity contribution in [1.82, 2.24) is 10.6 Å². The van der Waals surface area contributed by atoms with Gasteiger partial charge >= 0.3 is 5.97 Å². The minimum atomic E-state index is -0.683. The molecule has 0 aliphatic carbocycles. The van der Waals surface area contributed by atoms with Gasteiger partial charge in [0.25, 0.3) is 5.91 Å². The Kier molecular flexibility index (Phi) is 7.54. The van der Waals surface area contributed by atoms with Crippen molar-refractivity contribution < 1.29 is 28.6 Å². The number of hydrogen-bond acceptors (Lipinski definition) is 6. The van der Waals surface area contributed by atoms with Crippen LogP contribution in [-0.4, -0.2) is 51.2 Å². The zero-order valence-corrected chi connectivity index (χ0v) is 14.2. The molecule has 1 aromatic carbocycles. The van der Waals surface area contributed by atoms with Crippen LogP contribution in [0.1, 0.15) is 24.2 Å². The molecule has 0 saturated carbocycles. The molecule has 24 heavy (non-hydrogen) atoms. The average Bonchev–Trinajstić information content (AvgIpc) is 2.56. The maximum Gasteiger partial charge on any atom is 0.338 e. The van der Waals surface area contributed by atoms with Gasteiger partial charge < -0.3 is 24.8 Å². The minimum absolute atomic E-state index is 0.0164. The molecule has 0 unspecified atom stereocenters. The zero-order chi connectivity index (χ0) is 18.1. The third-order valence-corrected chi connectivity index (χ3v) is 2.85. The van der Waals surface area contributed by atoms with E-state index in [2.05, 4.69) is 10.6 Å². The van der Waals surface area contributed by atoms with E-state index in [1.54, 1.807) is 6.07 Å². The molecule has 8 nitrogen and oxygen atoms in total. The predicted octanol–water partition coefficient (Wildman–Crippen LogP) is 0.501. The van der Waals surface area contributed by atoms with E-state index in [0.717, 1.165) is 0 Å². The molecule has 0 spiro atoms. The summed E-state index contributed by atoms with van der Waals surface area (Å²) in [6.07, 6.45) is 0. The van der Waals surface area contributed by atoms with E-state index < -0.39 is 18.5 Å². The van der Waals surface area contributed by atoms with Gasteiger partial charge in [-0.15, -0.1) is 0 Å². The molecule has 0 aliphatic heterocycles. The van der Waals surface area contributed by atoms with Gasteiger partial charge in [0, 0.05) is 6.04 Å². The van der Waals surface area contributed by atoms with E-state index in [-0.39, 0.29) is 24.1 Å². The second-order valence-corrected chi connectivity index (χ2v) is 5.14. The lowest BCUT2D eigenvalue weighted by Gasteiger charge is -2.10. The monoisotopic (exact) mass is 338 g/mol. The Morgan fingerprint density at radius 2 is 1.71 bits per heavy atom. The zero-order valence-electron chi connectivity index (χ0n) is 14.2. The number of benzene rings is 1. The Balaban J connectivity index is 2.48. The summed E-state index contributed by atoms with van der Waals surface area (Å²) >= 11 is 0. The first-order valence-corrected chi connectivity index (χ1v) is 7.32. The Hall–Kier alpha value is -2.77. The van der Waals surface area contributed by atoms with Gasteiger partial charge in [0.1, 0.15) is 0 Å². The summed E-state index contributed by atoms with van der Waals surface area (Å²) in [6, 6.07) is 4.50. The Morgan fingerprint density at radius 3 is 2.29 bits per heavy atom. The molecule has 2 amide bonds. The first kappa shape index (κ1) is 19.3. The van der Waals surface area contributed by atoms with E-state index in [1.807, 2.05) is 13.8 Å². The Bertz CT molecular complexity index is 600. The number of amides is 2. The van der Waals surface area contributed by atoms with Gasteiger partial charge in [0.2, 0.25) is 5.91 Å². The van der Waals surface area contributed by atoms with Crippen LogP contribution in [0.2, 0.25) is 0 Å². The van der Waals surface area contributed by atoms with Crippen LogP contribution in [-0.2, 0) is 14.3 Å². The van der Waals surface area contributed by atoms with Crippen molar-refractivity contribution in [2.75, 3.05) is 27.4 Å². The van der Waals surface area contributed by atoms with E-state index >= 15 is 0 Å². The van der Waals surface area contributed by atoms with Gasteiger partial charge in [-0.25, -0.2) is 4.79 Å². The van der Waals surface area contributed by atoms with Crippen LogP contribution in [0.4, 0.5) is 0 Å². The number of carbonyl (C=O) groups excluding carboxylic acids is 3. The normalized spacial score (nSPS) is 10.0. The molecule has 0 saturated heterocycles. The van der Waals surface area contributed by atoms with Crippen molar-refractivity contribution in [3.63, 3.8) is 0 Å². The fraction of sp³-hybridized carbons (Fsp3) is 0.438. The highest BCUT2D eigenvalue weighted by Gasteiger charge is 2.14. The van der Waals surface area contributed by atoms with Crippen LogP contribution in [0.15, 0.2) is 18.2 Å². The van der Waals surface area contributed by atoms with Crippen LogP contribution in [0.5, 0.6) is 11.5 Å². The second-order valence-electron chi connectivity index (χ2n) is 5.14. The molecule has 2 N–H and O–H groups in total. The smallest absolute Gasteiger partial charge is 0.338 e. The van der Waals surface area contributed by atoms with Crippen LogP contribution in [0.3, 0.4) is 0 Å². The number of carbonyl (C=O) groups is 3. The van der Waals surface area contributed by atoms with E-state index in [0.29, 0.717) is 11.5 Å². The van der Waals surface area contributed by atoms with Gasteiger partial charge in [-0.05, 0) is 32.0 Å². The Morgan fingerprint density at radius 1 is 1.04 bits per heavy atom. The summed E-state index contributed by atoms with van der Waals surface area (Å²) < 4.78 is 15.1. The van der Waals surface area contributed by atoms with Gasteiger partial charge in [0.15, 0.2) is 18.1 Å². The van der Waals surface area contributed by atoms with Crippen LogP contribution in [0, 0.1) is 0 Å². The van der Waals surface area contributed by atoms with Gasteiger partial charge in [-0.3, -0.25) is 9.59 Å². The predicted molar refractivity (Wildman–Crippen MR) is 86.1 cm³/mol. The molecule has 0 atom stereocenters. The molecular weight excluding hydrogens is 316 g/mol. The number of ether oxygens (including phenoxy) is 3. The number of rotatable bonds is 8. The van der Waals surface area contributed by atoms with Crippen LogP contribution >= 0.6 is 0 Å². The molecule has 1 rings (SSSR count). The summed E-state index contributed by atoms with van der Waals surface area (Å²) in [6.45, 7) is 2.96. The molecule has 0 bridgehead atoms. The Labute approximate surface area is 140 Å². The van der Waals surface area contributed by atoms with Crippen molar-refractivity contribution in [2.45, 2.75) is 19.9 Å². The highest BCUT2D eigenvalue weighted by molar-refractivity contribution is 5.92. The molecule has 132 valence electrons. The quantitative estimate of drug-likeness (QED) is 0.669. The SMILES string of the molecule is COc1ccc(C(=O)OCC(=O)NCC(=O)NC(C)C)cc1OC. The highest BCUT2D eigenvalue weighted by Crippen LogP contribution is 2.27. The summed E-state index contributed by atoms with van der Waals surface area (Å²) in [5.41, 5.74) is 0.220. The maximum absolute atomic E-state index is 11.9. The summed E-state index contributed by atoms with van der Waals surface area (Å²) in [5, 5.41) is 4.99. The van der Waals surface area contributed by atoms with Crippen molar-refractivity contribution in [1.29, 1.82) is 0 Å². The van der Waals surface area contributed by atoms with Crippen molar-refractivity contribution in [2.24, 2.45) is 0 Å². The lowest BCUT2D eigenvalue weighted by molar-refractivity contribution is -0.128. The van der Waals surface area contributed by atoms with Gasteiger partial charge in [0.05, 0.1) is 26.3 Å². The van der Waals surface area contributed by atoms with Crippen molar-refractivity contribution >= 4 is 17.8 Å². The minimum Gasteiger partial charge on any atom is -0.493 e. The van der Waals surface area contributed by atoms with E-state index in [4.69, 9.17) is 14.2 Å². The first-order valence-electron chi connectivity index (χ1n) is 7.32. The highest BCUT2D eigenvalue weighted by atomic mass is 16.5. The molecule has 0 heterocycles. The summed E-state index contributed by atoms with van der Waals surface area (Å²) in [7, 11) is 2.93. The molecule has 0 radical (unpaired) electrons. The molecule has 0 fully saturated rings. The largest absolute Gasteiger partial charge is 0.493 e. The number of methoxy groups -OCH3 is 2. The third-order valence-electron chi connectivity index (χ3n) is 2.85. The summed E-state index contributed by atoms with van der Waals surface area (Å²) in [4.78, 5) is 34.9. The van der Waals surface area contributed by atoms with Crippen LogP contribution < -0.4 is 20.1 Å². The van der Waals surface area contributed by atoms with E-state index in [1.165, 1.54) is 26.4 Å². The molecule has 1 aromatic rings. The van der Waals surface area contributed by atoms with Crippen molar-refractivity contribution in [3.8, 4) is 11.5 Å². The lowest BCUT2D eigenvalue weighted by atomic mass is 10.2. The average molecular weight is 338 g/mol. The number of esters is 1. The fourth-order valence-electron chi connectivity index (χ4n) is 1.78. The molecule has 0 aliphatic rings. The molecule has 8 heteroatoms. The first-order chi connectivity index (χ1) is 11.4. The topological polar surface area (TPSA) is 103 Å². The second kappa shape index (κ2) is 9.39. The molecular formula is C16H22N2O6. The standard InChI is InChI=1S/C16H22N2O6/c1-10(2)18-14(19)8-17-15(20)9-24-16(21)11-5-6-12(22-3)13(7-11)23-4/h5-7,10H,8-9H2,1-4H3,(H,17,20)(H,18,19). The number of nitrogens with one attached hydrogen (secondary N) is 2. The fourth-order valence-corrected chi connectivity index (χ4v) is 1.78. The summed E-state index contributed by atoms with van der Waals surface area (Å²) in [5.74, 6) is -0.713. The van der Waals surface area contributed by atoms with E-state index in [9.17, 15) is 14.4 Å². The number of hydrogen-bond donors (Lipinski definition) is 2. The lowest BCUT2D eigenvalue weighted by Crippen LogP contribution is -2.41. The maximum atomic E-state index is 11.9. The van der Waals surface area contributed by atoms with Gasteiger partial charge in [-0.2, -0.15) is 0 Å². The third kappa shape index (κ3) is 6.15. The van der Waals surface area contributed by atoms with Crippen molar-refractivity contribution in [3.05, 3.63) is 23.8 Å². The van der Waals surface area contributed by atoms with Gasteiger partial charge in [-0.1, -0.05) is 0 Å².